The van der Waals surface area contributed by atoms with Gasteiger partial charge in [0.1, 0.15) is 6.54 Å². The lowest BCUT2D eigenvalue weighted by atomic mass is 10.4. The van der Waals surface area contributed by atoms with Crippen LogP contribution in [0.15, 0.2) is 12.7 Å². The minimum Gasteiger partial charge on any atom is -0.446 e. The molecule has 0 aliphatic heterocycles. The first-order valence-electron chi connectivity index (χ1n) is 4.33. The van der Waals surface area contributed by atoms with Crippen molar-refractivity contribution < 1.29 is 14.6 Å². The smallest absolute Gasteiger partial charge is 0.446 e. The Morgan fingerprint density at radius 3 is 2.79 bits per heavy atom. The average molecular weight is 202 g/mol. The van der Waals surface area contributed by atoms with E-state index in [4.69, 9.17) is 0 Å². The Morgan fingerprint density at radius 2 is 2.36 bits per heavy atom. The summed E-state index contributed by atoms with van der Waals surface area (Å²) in [6.07, 6.45) is 1.89. The van der Waals surface area contributed by atoms with E-state index in [0.29, 0.717) is 11.4 Å². The van der Waals surface area contributed by atoms with E-state index in [9.17, 15) is 14.9 Å². The highest BCUT2D eigenvalue weighted by Crippen LogP contribution is 1.97. The number of rotatable bonds is 6. The van der Waals surface area contributed by atoms with Gasteiger partial charge >= 0.3 is 6.09 Å². The highest BCUT2D eigenvalue weighted by atomic mass is 16.7. The summed E-state index contributed by atoms with van der Waals surface area (Å²) in [7, 11) is 0. The van der Waals surface area contributed by atoms with Gasteiger partial charge in [-0.3, -0.25) is 0 Å². The second-order valence-corrected chi connectivity index (χ2v) is 2.58. The van der Waals surface area contributed by atoms with Gasteiger partial charge in [-0.05, 0) is 11.4 Å². The average Bonchev–Trinajstić information content (AvgIpc) is 2.13. The Balaban J connectivity index is 4.02. The van der Waals surface area contributed by atoms with E-state index < -0.39 is 11.1 Å². The number of hydrazine groups is 1. The fourth-order valence-corrected chi connectivity index (χ4v) is 0.708. The third-order valence-electron chi connectivity index (χ3n) is 1.43. The van der Waals surface area contributed by atoms with Crippen LogP contribution in [0.4, 0.5) is 4.79 Å². The number of nitro groups is 1. The summed E-state index contributed by atoms with van der Waals surface area (Å²) in [6, 6.07) is 0. The van der Waals surface area contributed by atoms with E-state index in [1.54, 1.807) is 0 Å². The molecule has 0 aliphatic carbocycles. The molecule has 0 bridgehead atoms. The molecule has 0 spiro atoms. The van der Waals surface area contributed by atoms with Crippen LogP contribution < -0.4 is 0 Å². The molecule has 80 valence electrons. The van der Waals surface area contributed by atoms with E-state index in [1.165, 1.54) is 6.08 Å². The number of carbonyl (C=O) groups excluding carboxylic acids is 1. The molecule has 0 heterocycles. The Bertz CT molecular complexity index is 217. The van der Waals surface area contributed by atoms with Crippen molar-refractivity contribution in [2.24, 2.45) is 0 Å². The summed E-state index contributed by atoms with van der Waals surface area (Å²) in [5, 5.41) is 9.91. The maximum absolute atomic E-state index is 11.1. The largest absolute Gasteiger partial charge is 0.468 e. The summed E-state index contributed by atoms with van der Waals surface area (Å²) in [6.45, 7) is 5.29. The van der Waals surface area contributed by atoms with Crippen LogP contribution in [0.2, 0.25) is 0 Å². The summed E-state index contributed by atoms with van der Waals surface area (Å²) in [5.41, 5.74) is 0. The SMILES string of the molecule is C=CCN(C(=O)OCCCC)[N+](=O)[O-]. The number of hydrogen-bond acceptors (Lipinski definition) is 4. The highest BCUT2D eigenvalue weighted by Gasteiger charge is 2.23. The van der Waals surface area contributed by atoms with Crippen molar-refractivity contribution in [2.75, 3.05) is 13.2 Å². The van der Waals surface area contributed by atoms with Gasteiger partial charge in [0.25, 0.3) is 0 Å². The Hall–Kier alpha value is -1.59. The van der Waals surface area contributed by atoms with Crippen LogP contribution in [-0.4, -0.2) is 29.3 Å². The number of ether oxygens (including phenoxy) is 1. The zero-order valence-corrected chi connectivity index (χ0v) is 8.14. The molecule has 0 rings (SSSR count). The van der Waals surface area contributed by atoms with Crippen molar-refractivity contribution in [3.05, 3.63) is 22.8 Å². The third-order valence-corrected chi connectivity index (χ3v) is 1.43. The van der Waals surface area contributed by atoms with Gasteiger partial charge in [-0.1, -0.05) is 19.4 Å². The normalized spacial score (nSPS) is 9.21. The fourth-order valence-electron chi connectivity index (χ4n) is 0.708. The predicted octanol–water partition coefficient (Wildman–Crippen LogP) is 1.60. The molecule has 0 aliphatic rings. The monoisotopic (exact) mass is 202 g/mol. The second-order valence-electron chi connectivity index (χ2n) is 2.58. The maximum atomic E-state index is 11.1. The molecule has 0 fully saturated rings. The Kier molecular flexibility index (Phi) is 6.09. The van der Waals surface area contributed by atoms with Crippen LogP contribution in [0.5, 0.6) is 0 Å². The van der Waals surface area contributed by atoms with Crippen LogP contribution in [0.3, 0.4) is 0 Å². The number of hydrogen-bond donors (Lipinski definition) is 0. The van der Waals surface area contributed by atoms with Gasteiger partial charge in [-0.25, -0.2) is 14.9 Å². The van der Waals surface area contributed by atoms with Crippen molar-refractivity contribution in [1.29, 1.82) is 0 Å². The van der Waals surface area contributed by atoms with Gasteiger partial charge in [0.2, 0.25) is 0 Å². The minimum absolute atomic E-state index is 0.155. The quantitative estimate of drug-likeness (QED) is 0.284. The number of amides is 1. The first kappa shape index (κ1) is 12.4. The van der Waals surface area contributed by atoms with E-state index >= 15 is 0 Å². The number of carbonyl (C=O) groups is 1. The van der Waals surface area contributed by atoms with Gasteiger partial charge in [0.05, 0.1) is 6.61 Å². The Labute approximate surface area is 82.3 Å². The summed E-state index contributed by atoms with van der Waals surface area (Å²) >= 11 is 0. The lowest BCUT2D eigenvalue weighted by molar-refractivity contribution is -0.633. The third kappa shape index (κ3) is 4.44. The lowest BCUT2D eigenvalue weighted by Gasteiger charge is -2.09. The molecule has 0 N–H and O–H groups in total. The van der Waals surface area contributed by atoms with Gasteiger partial charge < -0.3 is 4.74 Å². The predicted molar refractivity (Wildman–Crippen MR) is 50.2 cm³/mol. The van der Waals surface area contributed by atoms with Crippen LogP contribution >= 0.6 is 0 Å². The Morgan fingerprint density at radius 1 is 1.71 bits per heavy atom. The molecule has 0 aromatic heterocycles. The van der Waals surface area contributed by atoms with Crippen molar-refractivity contribution >= 4 is 6.09 Å². The summed E-state index contributed by atoms with van der Waals surface area (Å²) in [4.78, 5) is 21.4. The zero-order valence-electron chi connectivity index (χ0n) is 8.14. The van der Waals surface area contributed by atoms with Crippen LogP contribution in [0.1, 0.15) is 19.8 Å². The molecule has 1 amide bonds. The van der Waals surface area contributed by atoms with Gasteiger partial charge in [-0.15, -0.1) is 6.58 Å². The van der Waals surface area contributed by atoms with Crippen LogP contribution in [0.25, 0.3) is 0 Å². The van der Waals surface area contributed by atoms with Crippen molar-refractivity contribution in [3.63, 3.8) is 0 Å². The molecule has 0 aromatic rings. The van der Waals surface area contributed by atoms with E-state index in [2.05, 4.69) is 11.3 Å². The fraction of sp³-hybridized carbons (Fsp3) is 0.625. The molecule has 6 heteroatoms. The number of unbranched alkanes of at least 4 members (excludes halogenated alkanes) is 1. The maximum Gasteiger partial charge on any atom is 0.468 e. The van der Waals surface area contributed by atoms with Gasteiger partial charge in [0.15, 0.2) is 5.03 Å². The zero-order chi connectivity index (χ0) is 11.0. The van der Waals surface area contributed by atoms with E-state index in [0.717, 1.165) is 6.42 Å². The van der Waals surface area contributed by atoms with Crippen LogP contribution in [0, 0.1) is 10.1 Å². The minimum atomic E-state index is -0.941. The molecular formula is C8H14N2O4. The highest BCUT2D eigenvalue weighted by molar-refractivity contribution is 5.66. The van der Waals surface area contributed by atoms with E-state index in [1.807, 2.05) is 6.92 Å². The van der Waals surface area contributed by atoms with Crippen LogP contribution in [-0.2, 0) is 4.74 Å². The molecule has 0 atom stereocenters. The van der Waals surface area contributed by atoms with E-state index in [-0.39, 0.29) is 13.2 Å². The second kappa shape index (κ2) is 6.88. The molecule has 0 saturated heterocycles. The van der Waals surface area contributed by atoms with Gasteiger partial charge in [-0.2, -0.15) is 0 Å². The standard InChI is InChI=1S/C8H14N2O4/c1-3-5-7-14-8(11)9(6-4-2)10(12)13/h4H,2-3,5-7H2,1H3. The molecule has 0 unspecified atom stereocenters. The summed E-state index contributed by atoms with van der Waals surface area (Å²) in [5.74, 6) is 0. The first-order valence-corrected chi connectivity index (χ1v) is 4.33. The molecule has 6 nitrogen and oxygen atoms in total. The topological polar surface area (TPSA) is 72.7 Å². The van der Waals surface area contributed by atoms with Crippen molar-refractivity contribution in [2.45, 2.75) is 19.8 Å². The van der Waals surface area contributed by atoms with Crippen molar-refractivity contribution in [1.82, 2.24) is 5.01 Å². The molecule has 0 radical (unpaired) electrons. The summed E-state index contributed by atoms with van der Waals surface area (Å²) < 4.78 is 4.66. The van der Waals surface area contributed by atoms with Gasteiger partial charge in [0, 0.05) is 0 Å². The molecule has 0 saturated carbocycles. The first-order chi connectivity index (χ1) is 6.63. The molecule has 0 aromatic carbocycles. The van der Waals surface area contributed by atoms with Crippen molar-refractivity contribution in [3.8, 4) is 0 Å². The number of nitrogens with zero attached hydrogens (tertiary/aromatic N) is 2. The lowest BCUT2D eigenvalue weighted by Crippen LogP contribution is -2.36. The molecular weight excluding hydrogens is 188 g/mol. The molecule has 14 heavy (non-hydrogen) atoms.